The van der Waals surface area contributed by atoms with Gasteiger partial charge in [0.25, 0.3) is 0 Å². The number of ketones is 1. The summed E-state index contributed by atoms with van der Waals surface area (Å²) in [7, 11) is 0. The summed E-state index contributed by atoms with van der Waals surface area (Å²) in [6.45, 7) is 5.83. The van der Waals surface area contributed by atoms with Gasteiger partial charge < -0.3 is 5.32 Å². The number of hydrogen-bond acceptors (Lipinski definition) is 3. The van der Waals surface area contributed by atoms with E-state index in [1.165, 1.54) is 0 Å². The van der Waals surface area contributed by atoms with Crippen molar-refractivity contribution >= 4 is 23.2 Å². The van der Waals surface area contributed by atoms with Gasteiger partial charge in [-0.2, -0.15) is 0 Å². The number of hydrogen-bond donors (Lipinski definition) is 1. The van der Waals surface area contributed by atoms with E-state index in [-0.39, 0.29) is 5.78 Å². The summed E-state index contributed by atoms with van der Waals surface area (Å²) >= 11 is 1.58. The van der Waals surface area contributed by atoms with Crippen molar-refractivity contribution < 1.29 is 4.79 Å². The maximum Gasteiger partial charge on any atom is 0.140 e. The van der Waals surface area contributed by atoms with Crippen LogP contribution in [0.1, 0.15) is 20.8 Å². The Morgan fingerprint density at radius 1 is 1.33 bits per heavy atom. The quantitative estimate of drug-likeness (QED) is 0.777. The Morgan fingerprint density at radius 3 is 2.40 bits per heavy atom. The molecule has 0 spiro atoms. The second kappa shape index (κ2) is 5.81. The van der Waals surface area contributed by atoms with Gasteiger partial charge in [0, 0.05) is 16.6 Å². The Hall–Kier alpha value is -0.960. The molecule has 2 nitrogen and oxygen atoms in total. The van der Waals surface area contributed by atoms with Crippen molar-refractivity contribution in [3.63, 3.8) is 0 Å². The number of carbonyl (C=O) groups is 1. The van der Waals surface area contributed by atoms with Crippen LogP contribution in [0.3, 0.4) is 0 Å². The van der Waals surface area contributed by atoms with Crippen LogP contribution in [-0.4, -0.2) is 17.6 Å². The van der Waals surface area contributed by atoms with Gasteiger partial charge >= 0.3 is 0 Å². The van der Waals surface area contributed by atoms with Gasteiger partial charge in [0.15, 0.2) is 0 Å². The third kappa shape index (κ3) is 4.88. The van der Waals surface area contributed by atoms with Crippen LogP contribution in [0.4, 0.5) is 5.69 Å². The second-order valence-corrected chi connectivity index (χ2v) is 4.86. The lowest BCUT2D eigenvalue weighted by Crippen LogP contribution is -2.09. The standard InChI is InChI=1S/C12H17NOS/c1-9(2)13-11-4-6-12(7-5-11)15-8-10(3)14/h4-7,9,13H,8H2,1-3H3. The molecule has 0 heterocycles. The van der Waals surface area contributed by atoms with Crippen LogP contribution >= 0.6 is 11.8 Å². The highest BCUT2D eigenvalue weighted by atomic mass is 32.2. The average Bonchev–Trinajstić information content (AvgIpc) is 2.16. The van der Waals surface area contributed by atoms with E-state index >= 15 is 0 Å². The maximum absolute atomic E-state index is 10.8. The highest BCUT2D eigenvalue weighted by Crippen LogP contribution is 2.20. The highest BCUT2D eigenvalue weighted by molar-refractivity contribution is 8.00. The van der Waals surface area contributed by atoms with Crippen LogP contribution in [0.25, 0.3) is 0 Å². The van der Waals surface area contributed by atoms with Crippen molar-refractivity contribution in [3.05, 3.63) is 24.3 Å². The summed E-state index contributed by atoms with van der Waals surface area (Å²) in [5.41, 5.74) is 1.12. The summed E-state index contributed by atoms with van der Waals surface area (Å²) in [5.74, 6) is 0.765. The van der Waals surface area contributed by atoms with E-state index in [1.807, 2.05) is 24.3 Å². The molecular weight excluding hydrogens is 206 g/mol. The molecule has 0 atom stereocenters. The molecule has 0 aromatic heterocycles. The molecule has 1 aromatic carbocycles. The van der Waals surface area contributed by atoms with Gasteiger partial charge in [0.2, 0.25) is 0 Å². The Kier molecular flexibility index (Phi) is 4.69. The van der Waals surface area contributed by atoms with E-state index in [4.69, 9.17) is 0 Å². The van der Waals surface area contributed by atoms with Gasteiger partial charge in [-0.05, 0) is 45.0 Å². The molecule has 0 aliphatic rings. The molecule has 15 heavy (non-hydrogen) atoms. The van der Waals surface area contributed by atoms with E-state index in [9.17, 15) is 4.79 Å². The van der Waals surface area contributed by atoms with E-state index in [0.717, 1.165) is 10.6 Å². The normalized spacial score (nSPS) is 10.4. The van der Waals surface area contributed by atoms with Crippen molar-refractivity contribution in [2.75, 3.05) is 11.1 Å². The molecule has 0 amide bonds. The van der Waals surface area contributed by atoms with Crippen LogP contribution in [0.5, 0.6) is 0 Å². The minimum absolute atomic E-state index is 0.212. The molecule has 0 radical (unpaired) electrons. The number of thioether (sulfide) groups is 1. The molecule has 0 bridgehead atoms. The van der Waals surface area contributed by atoms with Gasteiger partial charge in [-0.15, -0.1) is 11.8 Å². The molecule has 3 heteroatoms. The lowest BCUT2D eigenvalue weighted by molar-refractivity contribution is -0.114. The lowest BCUT2D eigenvalue weighted by Gasteiger charge is -2.09. The number of anilines is 1. The molecule has 1 rings (SSSR count). The third-order valence-electron chi connectivity index (χ3n) is 1.75. The largest absolute Gasteiger partial charge is 0.383 e. The fraction of sp³-hybridized carbons (Fsp3) is 0.417. The molecule has 0 saturated heterocycles. The number of carbonyl (C=O) groups excluding carboxylic acids is 1. The molecule has 1 N–H and O–H groups in total. The van der Waals surface area contributed by atoms with E-state index < -0.39 is 0 Å². The zero-order valence-electron chi connectivity index (χ0n) is 9.41. The fourth-order valence-corrected chi connectivity index (χ4v) is 1.86. The van der Waals surface area contributed by atoms with Crippen molar-refractivity contribution in [3.8, 4) is 0 Å². The van der Waals surface area contributed by atoms with Crippen LogP contribution in [0.15, 0.2) is 29.2 Å². The number of rotatable bonds is 5. The van der Waals surface area contributed by atoms with Crippen LogP contribution in [0, 0.1) is 0 Å². The summed E-state index contributed by atoms with van der Waals surface area (Å²) in [6.07, 6.45) is 0. The Bertz CT molecular complexity index is 319. The van der Waals surface area contributed by atoms with E-state index in [1.54, 1.807) is 18.7 Å². The van der Waals surface area contributed by atoms with E-state index in [0.29, 0.717) is 11.8 Å². The summed E-state index contributed by atoms with van der Waals surface area (Å²) in [5, 5.41) is 3.32. The molecule has 0 saturated carbocycles. The summed E-state index contributed by atoms with van der Waals surface area (Å²) in [4.78, 5) is 11.9. The summed E-state index contributed by atoms with van der Waals surface area (Å²) in [6, 6.07) is 8.61. The third-order valence-corrected chi connectivity index (χ3v) is 2.91. The monoisotopic (exact) mass is 223 g/mol. The van der Waals surface area contributed by atoms with Crippen LogP contribution < -0.4 is 5.32 Å². The molecular formula is C12H17NOS. The fourth-order valence-electron chi connectivity index (χ4n) is 1.17. The van der Waals surface area contributed by atoms with Crippen LogP contribution in [0.2, 0.25) is 0 Å². The maximum atomic E-state index is 10.8. The lowest BCUT2D eigenvalue weighted by atomic mass is 10.3. The SMILES string of the molecule is CC(=O)CSc1ccc(NC(C)C)cc1. The molecule has 1 aromatic rings. The molecule has 82 valence electrons. The zero-order valence-corrected chi connectivity index (χ0v) is 10.2. The van der Waals surface area contributed by atoms with Crippen molar-refractivity contribution in [2.45, 2.75) is 31.7 Å². The first-order chi connectivity index (χ1) is 7.08. The van der Waals surface area contributed by atoms with Gasteiger partial charge in [-0.3, -0.25) is 4.79 Å². The number of benzene rings is 1. The minimum Gasteiger partial charge on any atom is -0.383 e. The first-order valence-corrected chi connectivity index (χ1v) is 6.05. The van der Waals surface area contributed by atoms with Crippen molar-refractivity contribution in [1.29, 1.82) is 0 Å². The molecule has 0 unspecified atom stereocenters. The smallest absolute Gasteiger partial charge is 0.140 e. The van der Waals surface area contributed by atoms with Gasteiger partial charge in [0.1, 0.15) is 5.78 Å². The molecule has 0 aliphatic heterocycles. The predicted molar refractivity (Wildman–Crippen MR) is 66.6 cm³/mol. The van der Waals surface area contributed by atoms with E-state index in [2.05, 4.69) is 19.2 Å². The highest BCUT2D eigenvalue weighted by Gasteiger charge is 1.98. The van der Waals surface area contributed by atoms with Gasteiger partial charge in [-0.25, -0.2) is 0 Å². The topological polar surface area (TPSA) is 29.1 Å². The molecule has 0 aliphatic carbocycles. The minimum atomic E-state index is 0.212. The predicted octanol–water partition coefficient (Wildman–Crippen LogP) is 3.19. The van der Waals surface area contributed by atoms with Gasteiger partial charge in [-0.1, -0.05) is 0 Å². The van der Waals surface area contributed by atoms with Crippen molar-refractivity contribution in [1.82, 2.24) is 0 Å². The average molecular weight is 223 g/mol. The van der Waals surface area contributed by atoms with Crippen LogP contribution in [-0.2, 0) is 4.79 Å². The zero-order chi connectivity index (χ0) is 11.3. The number of Topliss-reactive ketones (excluding diaryl/α,β-unsaturated/α-hetero) is 1. The van der Waals surface area contributed by atoms with Crippen molar-refractivity contribution in [2.24, 2.45) is 0 Å². The Labute approximate surface area is 95.5 Å². The first-order valence-electron chi connectivity index (χ1n) is 5.07. The number of nitrogens with one attached hydrogen (secondary N) is 1. The second-order valence-electron chi connectivity index (χ2n) is 3.81. The van der Waals surface area contributed by atoms with Gasteiger partial charge in [0.05, 0.1) is 5.75 Å². The summed E-state index contributed by atoms with van der Waals surface area (Å²) < 4.78 is 0. The Balaban J connectivity index is 2.52. The first kappa shape index (κ1) is 12.1. The Morgan fingerprint density at radius 2 is 1.93 bits per heavy atom. The molecule has 0 fully saturated rings.